The molecule has 3 rings (SSSR count). The van der Waals surface area contributed by atoms with Gasteiger partial charge in [0.05, 0.1) is 0 Å². The van der Waals surface area contributed by atoms with E-state index in [1.807, 2.05) is 31.2 Å². The molecule has 25 heavy (non-hydrogen) atoms. The minimum absolute atomic E-state index is 0.186. The first-order chi connectivity index (χ1) is 12.2. The van der Waals surface area contributed by atoms with Crippen LogP contribution in [0.3, 0.4) is 0 Å². The Morgan fingerprint density at radius 2 is 1.92 bits per heavy atom. The maximum atomic E-state index is 11.4. The van der Waals surface area contributed by atoms with Crippen LogP contribution in [0.25, 0.3) is 11.4 Å². The third-order valence-electron chi connectivity index (χ3n) is 4.50. The van der Waals surface area contributed by atoms with Crippen LogP contribution in [0.1, 0.15) is 17.9 Å². The summed E-state index contributed by atoms with van der Waals surface area (Å²) in [6, 6.07) is 8.06. The summed E-state index contributed by atoms with van der Waals surface area (Å²) < 4.78 is 5.34. The molecule has 1 fully saturated rings. The molecule has 134 valence electrons. The van der Waals surface area contributed by atoms with Gasteiger partial charge in [-0.1, -0.05) is 35.0 Å². The standard InChI is InChI=1S/C18H24N4O3/c1-14-4-6-15(7-5-14)18-19-16(25-20-18)3-2-8-21-9-11-22(12-10-21)17(24)13-23/h4-7,23H,2-3,8-13H2,1H3. The molecule has 2 heterocycles. The van der Waals surface area contributed by atoms with Crippen molar-refractivity contribution >= 4 is 5.91 Å². The van der Waals surface area contributed by atoms with Crippen molar-refractivity contribution in [1.82, 2.24) is 19.9 Å². The summed E-state index contributed by atoms with van der Waals surface area (Å²) >= 11 is 0. The van der Waals surface area contributed by atoms with Gasteiger partial charge in [0.2, 0.25) is 17.6 Å². The van der Waals surface area contributed by atoms with Crippen LogP contribution in [-0.2, 0) is 11.2 Å². The molecule has 1 amide bonds. The van der Waals surface area contributed by atoms with Crippen LogP contribution < -0.4 is 0 Å². The highest BCUT2D eigenvalue weighted by Gasteiger charge is 2.20. The van der Waals surface area contributed by atoms with E-state index in [2.05, 4.69) is 15.0 Å². The Morgan fingerprint density at radius 1 is 1.20 bits per heavy atom. The summed E-state index contributed by atoms with van der Waals surface area (Å²) in [6.07, 6.45) is 1.68. The second kappa shape index (κ2) is 8.22. The van der Waals surface area contributed by atoms with Crippen molar-refractivity contribution in [2.45, 2.75) is 19.8 Å². The fraction of sp³-hybridized carbons (Fsp3) is 0.500. The molecule has 2 aromatic rings. The normalized spacial score (nSPS) is 15.5. The van der Waals surface area contributed by atoms with Gasteiger partial charge in [-0.25, -0.2) is 0 Å². The van der Waals surface area contributed by atoms with Crippen LogP contribution in [0, 0.1) is 6.92 Å². The molecule has 0 spiro atoms. The molecule has 1 aromatic heterocycles. The summed E-state index contributed by atoms with van der Waals surface area (Å²) in [5.41, 5.74) is 2.17. The number of aliphatic hydroxyl groups excluding tert-OH is 1. The first kappa shape index (κ1) is 17.6. The van der Waals surface area contributed by atoms with Crippen LogP contribution in [0.15, 0.2) is 28.8 Å². The van der Waals surface area contributed by atoms with Gasteiger partial charge < -0.3 is 14.5 Å². The average molecular weight is 344 g/mol. The molecular formula is C18H24N4O3. The number of aliphatic hydroxyl groups is 1. The van der Waals surface area contributed by atoms with E-state index in [9.17, 15) is 4.79 Å². The van der Waals surface area contributed by atoms with E-state index in [1.54, 1.807) is 4.90 Å². The van der Waals surface area contributed by atoms with Gasteiger partial charge >= 0.3 is 0 Å². The molecule has 0 atom stereocenters. The molecule has 7 nitrogen and oxygen atoms in total. The highest BCUT2D eigenvalue weighted by molar-refractivity contribution is 5.77. The molecular weight excluding hydrogens is 320 g/mol. The number of hydrogen-bond donors (Lipinski definition) is 1. The maximum absolute atomic E-state index is 11.4. The van der Waals surface area contributed by atoms with E-state index >= 15 is 0 Å². The van der Waals surface area contributed by atoms with Crippen molar-refractivity contribution in [2.24, 2.45) is 0 Å². The fourth-order valence-electron chi connectivity index (χ4n) is 2.95. The van der Waals surface area contributed by atoms with Crippen LogP contribution in [0.2, 0.25) is 0 Å². The number of aromatic nitrogens is 2. The number of amides is 1. The summed E-state index contributed by atoms with van der Waals surface area (Å²) in [6.45, 7) is 5.61. The molecule has 0 aliphatic carbocycles. The average Bonchev–Trinajstić information content (AvgIpc) is 3.11. The Kier molecular flexibility index (Phi) is 5.78. The van der Waals surface area contributed by atoms with Gasteiger partial charge in [-0.15, -0.1) is 0 Å². The van der Waals surface area contributed by atoms with E-state index in [-0.39, 0.29) is 5.91 Å². The lowest BCUT2D eigenvalue weighted by Gasteiger charge is -2.34. The number of benzene rings is 1. The number of nitrogens with zero attached hydrogens (tertiary/aromatic N) is 4. The van der Waals surface area contributed by atoms with Gasteiger partial charge in [0.25, 0.3) is 0 Å². The Bertz CT molecular complexity index is 691. The summed E-state index contributed by atoms with van der Waals surface area (Å²) in [7, 11) is 0. The third kappa shape index (κ3) is 4.64. The fourth-order valence-corrected chi connectivity index (χ4v) is 2.95. The van der Waals surface area contributed by atoms with Crippen LogP contribution in [-0.4, -0.2) is 70.3 Å². The number of rotatable bonds is 6. The summed E-state index contributed by atoms with van der Waals surface area (Å²) in [5, 5.41) is 12.9. The molecule has 1 aliphatic rings. The van der Waals surface area contributed by atoms with Crippen LogP contribution in [0.4, 0.5) is 0 Å². The molecule has 0 radical (unpaired) electrons. The lowest BCUT2D eigenvalue weighted by molar-refractivity contribution is -0.135. The van der Waals surface area contributed by atoms with Crippen molar-refractivity contribution in [2.75, 3.05) is 39.3 Å². The Morgan fingerprint density at radius 3 is 2.60 bits per heavy atom. The number of carbonyl (C=O) groups is 1. The van der Waals surface area contributed by atoms with Crippen LogP contribution in [0.5, 0.6) is 0 Å². The second-order valence-corrected chi connectivity index (χ2v) is 6.36. The molecule has 7 heteroatoms. The van der Waals surface area contributed by atoms with Crippen molar-refractivity contribution in [3.05, 3.63) is 35.7 Å². The first-order valence-corrected chi connectivity index (χ1v) is 8.66. The number of piperazine rings is 1. The lowest BCUT2D eigenvalue weighted by Crippen LogP contribution is -2.49. The van der Waals surface area contributed by atoms with Gasteiger partial charge in [-0.2, -0.15) is 4.98 Å². The van der Waals surface area contributed by atoms with E-state index in [1.165, 1.54) is 5.56 Å². The summed E-state index contributed by atoms with van der Waals surface area (Å²) in [5.74, 6) is 1.10. The van der Waals surface area contributed by atoms with E-state index in [0.717, 1.165) is 38.0 Å². The van der Waals surface area contributed by atoms with Crippen molar-refractivity contribution in [3.8, 4) is 11.4 Å². The Balaban J connectivity index is 1.43. The topological polar surface area (TPSA) is 82.7 Å². The lowest BCUT2D eigenvalue weighted by atomic mass is 10.1. The van der Waals surface area contributed by atoms with Gasteiger partial charge in [0.15, 0.2) is 0 Å². The predicted molar refractivity (Wildman–Crippen MR) is 92.9 cm³/mol. The molecule has 1 aromatic carbocycles. The minimum Gasteiger partial charge on any atom is -0.387 e. The minimum atomic E-state index is -0.402. The SMILES string of the molecule is Cc1ccc(-c2noc(CCCN3CCN(C(=O)CO)CC3)n2)cc1. The predicted octanol–water partition coefficient (Wildman–Crippen LogP) is 1.11. The molecule has 1 N–H and O–H groups in total. The molecule has 0 unspecified atom stereocenters. The van der Waals surface area contributed by atoms with Crippen molar-refractivity contribution in [3.63, 3.8) is 0 Å². The second-order valence-electron chi connectivity index (χ2n) is 6.36. The Labute approximate surface area is 147 Å². The van der Waals surface area contributed by atoms with E-state index in [0.29, 0.717) is 24.8 Å². The highest BCUT2D eigenvalue weighted by atomic mass is 16.5. The molecule has 1 saturated heterocycles. The zero-order valence-corrected chi connectivity index (χ0v) is 14.5. The highest BCUT2D eigenvalue weighted by Crippen LogP contribution is 2.17. The smallest absolute Gasteiger partial charge is 0.248 e. The van der Waals surface area contributed by atoms with Gasteiger partial charge in [0.1, 0.15) is 6.61 Å². The number of hydrogen-bond acceptors (Lipinski definition) is 6. The molecule has 1 aliphatic heterocycles. The van der Waals surface area contributed by atoms with Crippen molar-refractivity contribution < 1.29 is 14.4 Å². The van der Waals surface area contributed by atoms with E-state index < -0.39 is 6.61 Å². The van der Waals surface area contributed by atoms with Crippen LogP contribution >= 0.6 is 0 Å². The largest absolute Gasteiger partial charge is 0.387 e. The van der Waals surface area contributed by atoms with Gasteiger partial charge in [-0.05, 0) is 19.9 Å². The third-order valence-corrected chi connectivity index (χ3v) is 4.50. The van der Waals surface area contributed by atoms with Gasteiger partial charge in [0, 0.05) is 38.2 Å². The van der Waals surface area contributed by atoms with Gasteiger partial charge in [-0.3, -0.25) is 9.69 Å². The molecule has 0 saturated carbocycles. The Hall–Kier alpha value is -2.25. The monoisotopic (exact) mass is 344 g/mol. The molecule has 0 bridgehead atoms. The van der Waals surface area contributed by atoms with Crippen molar-refractivity contribution in [1.29, 1.82) is 0 Å². The zero-order chi connectivity index (χ0) is 17.6. The summed E-state index contributed by atoms with van der Waals surface area (Å²) in [4.78, 5) is 19.9. The van der Waals surface area contributed by atoms with E-state index in [4.69, 9.17) is 9.63 Å². The zero-order valence-electron chi connectivity index (χ0n) is 14.5. The first-order valence-electron chi connectivity index (χ1n) is 8.66. The maximum Gasteiger partial charge on any atom is 0.248 e. The quantitative estimate of drug-likeness (QED) is 0.845. The number of carbonyl (C=O) groups excluding carboxylic acids is 1. The number of aryl methyl sites for hydroxylation is 2.